The van der Waals surface area contributed by atoms with E-state index < -0.39 is 18.4 Å². The lowest BCUT2D eigenvalue weighted by molar-refractivity contribution is -0.0473. The van der Waals surface area contributed by atoms with Crippen molar-refractivity contribution in [3.8, 4) is 0 Å². The molecule has 3 aromatic rings. The van der Waals surface area contributed by atoms with Crippen molar-refractivity contribution in [1.29, 1.82) is 0 Å². The minimum atomic E-state index is -0.749. The number of benzene rings is 1. The largest absolute Gasteiger partial charge is 0.394 e. The fourth-order valence-corrected chi connectivity index (χ4v) is 4.97. The zero-order valence-corrected chi connectivity index (χ0v) is 16.0. The highest BCUT2D eigenvalue weighted by Crippen LogP contribution is 2.39. The normalized spacial score (nSPS) is 24.1. The van der Waals surface area contributed by atoms with Crippen molar-refractivity contribution >= 4 is 28.6 Å². The first-order valence-corrected chi connectivity index (χ1v) is 10.2. The number of aromatic nitrogens is 4. The number of hydrogen-bond donors (Lipinski definition) is 3. The summed E-state index contributed by atoms with van der Waals surface area (Å²) in [6.07, 6.45) is 3.29. The van der Waals surface area contributed by atoms with E-state index in [0.29, 0.717) is 28.3 Å². The Bertz CT molecular complexity index is 1040. The Morgan fingerprint density at radius 1 is 1.25 bits per heavy atom. The van der Waals surface area contributed by atoms with Crippen molar-refractivity contribution in [2.75, 3.05) is 12.3 Å². The van der Waals surface area contributed by atoms with E-state index in [1.165, 1.54) is 35.6 Å². The number of nitrogens with zero attached hydrogens (tertiary/aromatic N) is 4. The standard InChI is InChI=1S/C19H21N5O3S/c20-17-16-18(22-9-21-17)24(15-7-13(26)14(8-25)27-15)23-19(16)28-12-5-4-10-2-1-3-11(10)6-12/h4-6,9,13-15,25-26H,1-3,7-8H2,(H2,20,21,22)/t13-,14+,15+/m0/s1. The van der Waals surface area contributed by atoms with E-state index in [-0.39, 0.29) is 6.61 Å². The van der Waals surface area contributed by atoms with E-state index in [2.05, 4.69) is 28.2 Å². The summed E-state index contributed by atoms with van der Waals surface area (Å²) in [5, 5.41) is 25.5. The molecular weight excluding hydrogens is 378 g/mol. The van der Waals surface area contributed by atoms with Crippen LogP contribution >= 0.6 is 11.8 Å². The molecule has 0 unspecified atom stereocenters. The second kappa shape index (κ2) is 7.00. The molecule has 3 atom stereocenters. The van der Waals surface area contributed by atoms with Crippen molar-refractivity contribution in [1.82, 2.24) is 19.7 Å². The van der Waals surface area contributed by atoms with Gasteiger partial charge in [0.2, 0.25) is 0 Å². The molecule has 1 aliphatic carbocycles. The topological polar surface area (TPSA) is 119 Å². The van der Waals surface area contributed by atoms with Crippen LogP contribution < -0.4 is 5.73 Å². The molecule has 28 heavy (non-hydrogen) atoms. The van der Waals surface area contributed by atoms with Gasteiger partial charge in [-0.05, 0) is 42.5 Å². The summed E-state index contributed by atoms with van der Waals surface area (Å²) in [7, 11) is 0. The summed E-state index contributed by atoms with van der Waals surface area (Å²) in [5.41, 5.74) is 9.52. The summed E-state index contributed by atoms with van der Waals surface area (Å²) in [6, 6.07) is 6.51. The Morgan fingerprint density at radius 2 is 2.11 bits per heavy atom. The molecule has 5 rings (SSSR count). The summed E-state index contributed by atoms with van der Waals surface area (Å²) in [5.74, 6) is 0.358. The van der Waals surface area contributed by atoms with Gasteiger partial charge in [-0.1, -0.05) is 17.8 Å². The van der Waals surface area contributed by atoms with Crippen molar-refractivity contribution in [2.45, 2.75) is 54.0 Å². The molecule has 1 fully saturated rings. The van der Waals surface area contributed by atoms with Gasteiger partial charge in [0.15, 0.2) is 11.9 Å². The SMILES string of the molecule is Nc1ncnc2c1c(Sc1ccc3c(c1)CCC3)nn2[C@H]1C[C@H](O)[C@@H](CO)O1. The first-order valence-electron chi connectivity index (χ1n) is 9.36. The third-order valence-corrected chi connectivity index (χ3v) is 6.40. The molecule has 0 spiro atoms. The molecule has 0 amide bonds. The summed E-state index contributed by atoms with van der Waals surface area (Å²) < 4.78 is 7.41. The molecule has 2 aromatic heterocycles. The van der Waals surface area contributed by atoms with E-state index in [0.717, 1.165) is 17.7 Å². The number of ether oxygens (including phenoxy) is 1. The van der Waals surface area contributed by atoms with Crippen LogP contribution in [0.2, 0.25) is 0 Å². The highest BCUT2D eigenvalue weighted by atomic mass is 32.2. The van der Waals surface area contributed by atoms with Gasteiger partial charge in [-0.3, -0.25) is 0 Å². The van der Waals surface area contributed by atoms with Gasteiger partial charge < -0.3 is 20.7 Å². The second-order valence-corrected chi connectivity index (χ2v) is 8.27. The average molecular weight is 399 g/mol. The molecule has 1 saturated heterocycles. The zero-order valence-electron chi connectivity index (χ0n) is 15.2. The van der Waals surface area contributed by atoms with E-state index >= 15 is 0 Å². The molecule has 8 nitrogen and oxygen atoms in total. The van der Waals surface area contributed by atoms with Crippen molar-refractivity contribution in [2.24, 2.45) is 0 Å². The maximum Gasteiger partial charge on any atom is 0.167 e. The summed E-state index contributed by atoms with van der Waals surface area (Å²) >= 11 is 1.52. The monoisotopic (exact) mass is 399 g/mol. The van der Waals surface area contributed by atoms with E-state index in [9.17, 15) is 10.2 Å². The lowest BCUT2D eigenvalue weighted by atomic mass is 10.1. The molecule has 1 aliphatic heterocycles. The zero-order chi connectivity index (χ0) is 19.3. The van der Waals surface area contributed by atoms with Gasteiger partial charge in [-0.25, -0.2) is 14.6 Å². The van der Waals surface area contributed by atoms with Crippen LogP contribution in [-0.4, -0.2) is 48.8 Å². The number of nitrogens with two attached hydrogens (primary N) is 1. The van der Waals surface area contributed by atoms with Crippen LogP contribution in [0.1, 0.15) is 30.2 Å². The Balaban J connectivity index is 1.54. The quantitative estimate of drug-likeness (QED) is 0.606. The molecule has 4 N–H and O–H groups in total. The number of fused-ring (bicyclic) bond motifs is 2. The first-order chi connectivity index (χ1) is 13.6. The third kappa shape index (κ3) is 2.95. The molecule has 0 radical (unpaired) electrons. The van der Waals surface area contributed by atoms with Crippen LogP contribution in [0, 0.1) is 0 Å². The number of hydrogen-bond acceptors (Lipinski definition) is 8. The fraction of sp³-hybridized carbons (Fsp3) is 0.421. The van der Waals surface area contributed by atoms with Gasteiger partial charge in [-0.2, -0.15) is 5.10 Å². The third-order valence-electron chi connectivity index (χ3n) is 5.43. The lowest BCUT2D eigenvalue weighted by Gasteiger charge is -2.12. The molecule has 2 aliphatic rings. The minimum absolute atomic E-state index is 0.245. The van der Waals surface area contributed by atoms with Crippen LogP contribution in [0.5, 0.6) is 0 Å². The highest BCUT2D eigenvalue weighted by Gasteiger charge is 2.36. The van der Waals surface area contributed by atoms with Gasteiger partial charge in [-0.15, -0.1) is 0 Å². The van der Waals surface area contributed by atoms with Crippen LogP contribution in [0.25, 0.3) is 11.0 Å². The molecule has 9 heteroatoms. The smallest absolute Gasteiger partial charge is 0.167 e. The maximum absolute atomic E-state index is 10.1. The number of aryl methyl sites for hydroxylation is 2. The Labute approximate surface area is 165 Å². The van der Waals surface area contributed by atoms with Crippen molar-refractivity contribution < 1.29 is 14.9 Å². The molecular formula is C19H21N5O3S. The van der Waals surface area contributed by atoms with Gasteiger partial charge in [0.25, 0.3) is 0 Å². The molecule has 1 aromatic carbocycles. The van der Waals surface area contributed by atoms with Crippen molar-refractivity contribution in [3.63, 3.8) is 0 Å². The Hall–Kier alpha value is -2.20. The van der Waals surface area contributed by atoms with Crippen LogP contribution in [0.3, 0.4) is 0 Å². The number of nitrogen functional groups attached to an aromatic ring is 1. The summed E-state index contributed by atoms with van der Waals surface area (Å²) in [4.78, 5) is 9.57. The number of aliphatic hydroxyl groups excluding tert-OH is 2. The lowest BCUT2D eigenvalue weighted by Crippen LogP contribution is -2.24. The predicted octanol–water partition coefficient (Wildman–Crippen LogP) is 1.69. The Kier molecular flexibility index (Phi) is 4.47. The first kappa shape index (κ1) is 17.9. The molecule has 0 bridgehead atoms. The Morgan fingerprint density at radius 3 is 2.93 bits per heavy atom. The second-order valence-electron chi connectivity index (χ2n) is 7.21. The maximum atomic E-state index is 10.1. The van der Waals surface area contributed by atoms with Gasteiger partial charge in [0.05, 0.1) is 18.1 Å². The summed E-state index contributed by atoms with van der Waals surface area (Å²) in [6.45, 7) is -0.245. The predicted molar refractivity (Wildman–Crippen MR) is 104 cm³/mol. The van der Waals surface area contributed by atoms with Gasteiger partial charge in [0.1, 0.15) is 23.3 Å². The molecule has 0 saturated carbocycles. The van der Waals surface area contributed by atoms with Crippen LogP contribution in [0.4, 0.5) is 5.82 Å². The number of aliphatic hydroxyl groups is 2. The van der Waals surface area contributed by atoms with Gasteiger partial charge >= 0.3 is 0 Å². The van der Waals surface area contributed by atoms with E-state index in [1.807, 2.05) is 0 Å². The van der Waals surface area contributed by atoms with Crippen LogP contribution in [0.15, 0.2) is 34.4 Å². The number of anilines is 1. The van der Waals surface area contributed by atoms with E-state index in [1.54, 1.807) is 4.68 Å². The van der Waals surface area contributed by atoms with E-state index in [4.69, 9.17) is 15.6 Å². The molecule has 146 valence electrons. The van der Waals surface area contributed by atoms with Crippen LogP contribution in [-0.2, 0) is 17.6 Å². The minimum Gasteiger partial charge on any atom is -0.394 e. The van der Waals surface area contributed by atoms with Crippen molar-refractivity contribution in [3.05, 3.63) is 35.7 Å². The molecule has 3 heterocycles. The number of rotatable bonds is 4. The fourth-order valence-electron chi connectivity index (χ4n) is 3.99. The van der Waals surface area contributed by atoms with Gasteiger partial charge in [0, 0.05) is 11.3 Å². The highest BCUT2D eigenvalue weighted by molar-refractivity contribution is 7.99. The average Bonchev–Trinajstić information content (AvgIpc) is 3.39.